The Morgan fingerprint density at radius 1 is 1.36 bits per heavy atom. The molecule has 1 fully saturated rings. The summed E-state index contributed by atoms with van der Waals surface area (Å²) < 4.78 is 0. The molecule has 0 heterocycles. The van der Waals surface area contributed by atoms with Crippen LogP contribution in [0.4, 0.5) is 0 Å². The largest absolute Gasteiger partial charge is 0.480 e. The molecule has 1 rings (SSSR count). The van der Waals surface area contributed by atoms with Gasteiger partial charge in [-0.2, -0.15) is 0 Å². The van der Waals surface area contributed by atoms with Crippen molar-refractivity contribution in [2.75, 3.05) is 0 Å². The number of hydrogen-bond donors (Lipinski definition) is 4. The van der Waals surface area contributed by atoms with Crippen LogP contribution < -0.4 is 17.2 Å². The number of aliphatic carboxylic acids is 1. The first-order chi connectivity index (χ1) is 4.96. The average Bonchev–Trinajstić information content (AvgIpc) is 2.09. The van der Waals surface area contributed by atoms with Crippen LogP contribution in [0, 0.1) is 0 Å². The molecule has 0 unspecified atom stereocenters. The second-order valence-electron chi connectivity index (χ2n) is 3.20. The molecule has 7 N–H and O–H groups in total. The van der Waals surface area contributed by atoms with Gasteiger partial charge < -0.3 is 22.3 Å². The predicted octanol–water partition coefficient (Wildman–Crippen LogP) is -1.78. The SMILES string of the molecule is N[C@@H]1CC(N)(C(=O)O)C[C@H]1N. The second kappa shape index (κ2) is 2.44. The molecule has 0 amide bonds. The maximum absolute atomic E-state index is 10.6. The van der Waals surface area contributed by atoms with E-state index in [1.54, 1.807) is 0 Å². The fraction of sp³-hybridized carbons (Fsp3) is 0.833. The molecule has 0 bridgehead atoms. The van der Waals surface area contributed by atoms with Crippen molar-refractivity contribution in [3.63, 3.8) is 0 Å². The summed E-state index contributed by atoms with van der Waals surface area (Å²) in [4.78, 5) is 10.6. The molecule has 1 aliphatic carbocycles. The fourth-order valence-corrected chi connectivity index (χ4v) is 1.40. The zero-order chi connectivity index (χ0) is 8.65. The van der Waals surface area contributed by atoms with Gasteiger partial charge in [0.05, 0.1) is 0 Å². The van der Waals surface area contributed by atoms with E-state index < -0.39 is 11.5 Å². The minimum absolute atomic E-state index is 0.267. The molecule has 0 aliphatic heterocycles. The van der Waals surface area contributed by atoms with Gasteiger partial charge in [0.25, 0.3) is 0 Å². The van der Waals surface area contributed by atoms with Gasteiger partial charge in [0.2, 0.25) is 0 Å². The summed E-state index contributed by atoms with van der Waals surface area (Å²) in [6.45, 7) is 0. The lowest BCUT2D eigenvalue weighted by molar-refractivity contribution is -0.143. The van der Waals surface area contributed by atoms with Crippen molar-refractivity contribution < 1.29 is 9.90 Å². The molecule has 0 radical (unpaired) electrons. The van der Waals surface area contributed by atoms with Gasteiger partial charge in [-0.3, -0.25) is 4.79 Å². The number of rotatable bonds is 1. The van der Waals surface area contributed by atoms with Crippen LogP contribution in [0.15, 0.2) is 0 Å². The molecule has 0 aromatic rings. The van der Waals surface area contributed by atoms with Crippen LogP contribution in [0.25, 0.3) is 0 Å². The van der Waals surface area contributed by atoms with E-state index in [0.29, 0.717) is 0 Å². The Morgan fingerprint density at radius 2 is 1.73 bits per heavy atom. The highest BCUT2D eigenvalue weighted by molar-refractivity contribution is 5.79. The highest BCUT2D eigenvalue weighted by atomic mass is 16.4. The molecular formula is C6H13N3O2. The highest BCUT2D eigenvalue weighted by Crippen LogP contribution is 2.25. The van der Waals surface area contributed by atoms with Gasteiger partial charge in [-0.25, -0.2) is 0 Å². The van der Waals surface area contributed by atoms with E-state index in [0.717, 1.165) is 0 Å². The maximum Gasteiger partial charge on any atom is 0.323 e. The summed E-state index contributed by atoms with van der Waals surface area (Å²) in [5.41, 5.74) is 15.4. The minimum atomic E-state index is -1.20. The Bertz CT molecular complexity index is 173. The molecule has 0 spiro atoms. The number of carboxylic acids is 1. The maximum atomic E-state index is 10.6. The third kappa shape index (κ3) is 1.35. The van der Waals surface area contributed by atoms with E-state index in [1.165, 1.54) is 0 Å². The number of nitrogens with two attached hydrogens (primary N) is 3. The average molecular weight is 159 g/mol. The summed E-state index contributed by atoms with van der Waals surface area (Å²) in [5.74, 6) is -1.01. The highest BCUT2D eigenvalue weighted by Gasteiger charge is 2.45. The Balaban J connectivity index is 2.71. The topological polar surface area (TPSA) is 115 Å². The van der Waals surface area contributed by atoms with Crippen molar-refractivity contribution in [1.82, 2.24) is 0 Å². The summed E-state index contributed by atoms with van der Waals surface area (Å²) in [5, 5.41) is 8.67. The molecule has 1 saturated carbocycles. The summed E-state index contributed by atoms with van der Waals surface area (Å²) in [6.07, 6.45) is 0.535. The van der Waals surface area contributed by atoms with Crippen molar-refractivity contribution in [1.29, 1.82) is 0 Å². The summed E-state index contributed by atoms with van der Waals surface area (Å²) in [7, 11) is 0. The quantitative estimate of drug-likeness (QED) is 0.361. The first-order valence-corrected chi connectivity index (χ1v) is 3.49. The fourth-order valence-electron chi connectivity index (χ4n) is 1.40. The third-order valence-corrected chi connectivity index (χ3v) is 2.18. The van der Waals surface area contributed by atoms with Crippen molar-refractivity contribution >= 4 is 5.97 Å². The molecule has 5 heteroatoms. The van der Waals surface area contributed by atoms with E-state index in [-0.39, 0.29) is 24.9 Å². The van der Waals surface area contributed by atoms with Crippen LogP contribution in [0.1, 0.15) is 12.8 Å². The lowest BCUT2D eigenvalue weighted by atomic mass is 9.99. The van der Waals surface area contributed by atoms with Gasteiger partial charge in [-0.1, -0.05) is 0 Å². The number of hydrogen-bond acceptors (Lipinski definition) is 4. The normalized spacial score (nSPS) is 35.5. The minimum Gasteiger partial charge on any atom is -0.480 e. The van der Waals surface area contributed by atoms with Gasteiger partial charge in [0, 0.05) is 12.1 Å². The van der Waals surface area contributed by atoms with E-state index in [2.05, 4.69) is 0 Å². The zero-order valence-corrected chi connectivity index (χ0v) is 6.16. The molecule has 64 valence electrons. The molecule has 0 saturated heterocycles. The molecule has 5 nitrogen and oxygen atoms in total. The first-order valence-electron chi connectivity index (χ1n) is 3.49. The van der Waals surface area contributed by atoms with Gasteiger partial charge in [-0.15, -0.1) is 0 Å². The van der Waals surface area contributed by atoms with Crippen LogP contribution >= 0.6 is 0 Å². The van der Waals surface area contributed by atoms with Crippen LogP contribution in [0.5, 0.6) is 0 Å². The monoisotopic (exact) mass is 159 g/mol. The number of carboxylic acid groups (broad SMARTS) is 1. The van der Waals surface area contributed by atoms with Gasteiger partial charge >= 0.3 is 5.97 Å². The molecule has 0 aromatic heterocycles. The van der Waals surface area contributed by atoms with Gasteiger partial charge in [0.15, 0.2) is 0 Å². The number of carbonyl (C=O) groups is 1. The lowest BCUT2D eigenvalue weighted by Gasteiger charge is -2.16. The summed E-state index contributed by atoms with van der Waals surface area (Å²) >= 11 is 0. The Labute approximate surface area is 64.5 Å². The van der Waals surface area contributed by atoms with Crippen LogP contribution in [-0.4, -0.2) is 28.7 Å². The van der Waals surface area contributed by atoms with Gasteiger partial charge in [-0.05, 0) is 12.8 Å². The molecule has 11 heavy (non-hydrogen) atoms. The Morgan fingerprint density at radius 3 is 1.91 bits per heavy atom. The van der Waals surface area contributed by atoms with Crippen molar-refractivity contribution in [2.45, 2.75) is 30.5 Å². The predicted molar refractivity (Wildman–Crippen MR) is 39.7 cm³/mol. The van der Waals surface area contributed by atoms with Crippen molar-refractivity contribution in [3.05, 3.63) is 0 Å². The van der Waals surface area contributed by atoms with Gasteiger partial charge in [0.1, 0.15) is 5.54 Å². The Hall–Kier alpha value is -0.650. The Kier molecular flexibility index (Phi) is 1.87. The smallest absolute Gasteiger partial charge is 0.323 e. The standard InChI is InChI=1S/C6H13N3O2/c7-3-1-6(9,5(10)11)2-4(3)8/h3-4H,1-2,7-9H2,(H,10,11)/t3-,4-/m1/s1. The van der Waals surface area contributed by atoms with Crippen LogP contribution in [0.2, 0.25) is 0 Å². The lowest BCUT2D eigenvalue weighted by Crippen LogP contribution is -2.46. The van der Waals surface area contributed by atoms with Crippen molar-refractivity contribution in [3.8, 4) is 0 Å². The third-order valence-electron chi connectivity index (χ3n) is 2.18. The molecular weight excluding hydrogens is 146 g/mol. The van der Waals surface area contributed by atoms with E-state index in [9.17, 15) is 4.79 Å². The zero-order valence-electron chi connectivity index (χ0n) is 6.16. The molecule has 1 aliphatic rings. The summed E-state index contributed by atoms with van der Waals surface area (Å²) in [6, 6.07) is -0.563. The van der Waals surface area contributed by atoms with Crippen molar-refractivity contribution in [2.24, 2.45) is 17.2 Å². The van der Waals surface area contributed by atoms with E-state index in [4.69, 9.17) is 22.3 Å². The molecule has 0 aromatic carbocycles. The van der Waals surface area contributed by atoms with E-state index in [1.807, 2.05) is 0 Å². The van der Waals surface area contributed by atoms with Crippen LogP contribution in [-0.2, 0) is 4.79 Å². The second-order valence-corrected chi connectivity index (χ2v) is 3.20. The van der Waals surface area contributed by atoms with Crippen LogP contribution in [0.3, 0.4) is 0 Å². The molecule has 2 atom stereocenters. The van der Waals surface area contributed by atoms with E-state index >= 15 is 0 Å². The first kappa shape index (κ1) is 8.45.